The minimum absolute atomic E-state index is 0.406. The second-order valence-electron chi connectivity index (χ2n) is 4.45. The van der Waals surface area contributed by atoms with Crippen LogP contribution in [0.4, 0.5) is 5.69 Å². The van der Waals surface area contributed by atoms with Crippen molar-refractivity contribution in [2.24, 2.45) is 11.7 Å². The van der Waals surface area contributed by atoms with Gasteiger partial charge in [0, 0.05) is 36.2 Å². The molecular weight excluding hydrogens is 174 g/mol. The van der Waals surface area contributed by atoms with Crippen LogP contribution in [0.1, 0.15) is 12.1 Å². The molecule has 3 heterocycles. The monoisotopic (exact) mass is 189 g/mol. The van der Waals surface area contributed by atoms with E-state index in [4.69, 9.17) is 5.73 Å². The van der Waals surface area contributed by atoms with Crippen LogP contribution >= 0.6 is 0 Å². The van der Waals surface area contributed by atoms with E-state index in [-0.39, 0.29) is 0 Å². The molecule has 2 N–H and O–H groups in total. The number of aryl methyl sites for hydroxylation is 1. The molecule has 0 aromatic carbocycles. The minimum atomic E-state index is 0.406. The maximum absolute atomic E-state index is 6.04. The van der Waals surface area contributed by atoms with E-state index in [9.17, 15) is 0 Å². The summed E-state index contributed by atoms with van der Waals surface area (Å²) >= 11 is 0. The SMILES string of the molecule is Cc1cc(N2CC3CC2C3N)ccn1. The van der Waals surface area contributed by atoms with Crippen LogP contribution in [0.15, 0.2) is 18.3 Å². The van der Waals surface area contributed by atoms with Crippen molar-refractivity contribution >= 4 is 5.69 Å². The van der Waals surface area contributed by atoms with Crippen LogP contribution in [0.5, 0.6) is 0 Å². The first-order valence-corrected chi connectivity index (χ1v) is 5.20. The molecule has 1 aromatic rings. The average molecular weight is 189 g/mol. The Labute approximate surface area is 83.9 Å². The largest absolute Gasteiger partial charge is 0.367 e. The number of hydrogen-bond donors (Lipinski definition) is 1. The summed E-state index contributed by atoms with van der Waals surface area (Å²) < 4.78 is 0. The first-order chi connectivity index (χ1) is 6.75. The fraction of sp³-hybridized carbons (Fsp3) is 0.545. The molecular formula is C11H15N3. The molecule has 3 fully saturated rings. The molecule has 0 amide bonds. The maximum atomic E-state index is 6.04. The Morgan fingerprint density at radius 2 is 2.43 bits per heavy atom. The quantitative estimate of drug-likeness (QED) is 0.714. The van der Waals surface area contributed by atoms with Gasteiger partial charge in [-0.15, -0.1) is 0 Å². The summed E-state index contributed by atoms with van der Waals surface area (Å²) in [6.07, 6.45) is 3.16. The van der Waals surface area contributed by atoms with Crippen LogP contribution in [-0.4, -0.2) is 23.6 Å². The summed E-state index contributed by atoms with van der Waals surface area (Å²) in [5, 5.41) is 0. The highest BCUT2D eigenvalue weighted by Gasteiger charge is 2.49. The number of rotatable bonds is 1. The zero-order chi connectivity index (χ0) is 9.71. The predicted octanol–water partition coefficient (Wildman–Crippen LogP) is 0.926. The number of nitrogens with zero attached hydrogens (tertiary/aromatic N) is 2. The van der Waals surface area contributed by atoms with Crippen LogP contribution in [0.3, 0.4) is 0 Å². The van der Waals surface area contributed by atoms with Crippen molar-refractivity contribution in [3.05, 3.63) is 24.0 Å². The van der Waals surface area contributed by atoms with E-state index >= 15 is 0 Å². The van der Waals surface area contributed by atoms with Crippen molar-refractivity contribution in [2.75, 3.05) is 11.4 Å². The summed E-state index contributed by atoms with van der Waals surface area (Å²) in [7, 11) is 0. The van der Waals surface area contributed by atoms with E-state index in [0.29, 0.717) is 12.1 Å². The Morgan fingerprint density at radius 3 is 3.00 bits per heavy atom. The molecule has 3 aliphatic rings. The molecule has 1 aliphatic carbocycles. The number of aromatic nitrogens is 1. The van der Waals surface area contributed by atoms with Crippen LogP contribution in [0, 0.1) is 12.8 Å². The van der Waals surface area contributed by atoms with Crippen LogP contribution in [0.2, 0.25) is 0 Å². The zero-order valence-corrected chi connectivity index (χ0v) is 8.35. The van der Waals surface area contributed by atoms with Crippen LogP contribution in [0.25, 0.3) is 0 Å². The van der Waals surface area contributed by atoms with E-state index in [2.05, 4.69) is 22.0 Å². The lowest BCUT2D eigenvalue weighted by atomic mass is 9.81. The van der Waals surface area contributed by atoms with Crippen molar-refractivity contribution in [1.82, 2.24) is 4.98 Å². The number of fused-ring (bicyclic) bond motifs is 1. The summed E-state index contributed by atoms with van der Waals surface area (Å²) in [4.78, 5) is 6.65. The van der Waals surface area contributed by atoms with Crippen molar-refractivity contribution < 1.29 is 0 Å². The molecule has 1 aromatic heterocycles. The molecule has 4 rings (SSSR count). The van der Waals surface area contributed by atoms with E-state index in [1.165, 1.54) is 12.1 Å². The van der Waals surface area contributed by atoms with E-state index in [1.54, 1.807) is 0 Å². The van der Waals surface area contributed by atoms with Crippen LogP contribution in [-0.2, 0) is 0 Å². The Kier molecular flexibility index (Phi) is 1.59. The van der Waals surface area contributed by atoms with Gasteiger partial charge in [-0.2, -0.15) is 0 Å². The number of hydrogen-bond acceptors (Lipinski definition) is 3. The molecule has 2 saturated heterocycles. The van der Waals surface area contributed by atoms with E-state index in [0.717, 1.165) is 18.2 Å². The Hall–Kier alpha value is -1.09. The number of anilines is 1. The molecule has 1 saturated carbocycles. The Balaban J connectivity index is 1.90. The molecule has 14 heavy (non-hydrogen) atoms. The summed E-state index contributed by atoms with van der Waals surface area (Å²) in [6, 6.07) is 5.22. The van der Waals surface area contributed by atoms with Gasteiger partial charge in [0.2, 0.25) is 0 Å². The van der Waals surface area contributed by atoms with E-state index < -0.39 is 0 Å². The fourth-order valence-electron chi connectivity index (χ4n) is 2.67. The Morgan fingerprint density at radius 1 is 1.57 bits per heavy atom. The van der Waals surface area contributed by atoms with Crippen molar-refractivity contribution in [3.63, 3.8) is 0 Å². The zero-order valence-electron chi connectivity index (χ0n) is 8.35. The van der Waals surface area contributed by atoms with E-state index in [1.807, 2.05) is 13.1 Å². The van der Waals surface area contributed by atoms with Gasteiger partial charge in [-0.05, 0) is 31.4 Å². The lowest BCUT2D eigenvalue weighted by Crippen LogP contribution is -2.49. The fourth-order valence-corrected chi connectivity index (χ4v) is 2.67. The molecule has 3 unspecified atom stereocenters. The highest BCUT2D eigenvalue weighted by molar-refractivity contribution is 5.51. The third kappa shape index (κ3) is 0.989. The number of nitrogens with two attached hydrogens (primary N) is 1. The van der Waals surface area contributed by atoms with Crippen molar-refractivity contribution in [1.29, 1.82) is 0 Å². The molecule has 3 nitrogen and oxygen atoms in total. The first kappa shape index (κ1) is 8.24. The molecule has 3 atom stereocenters. The van der Waals surface area contributed by atoms with Gasteiger partial charge in [0.05, 0.1) is 0 Å². The highest BCUT2D eigenvalue weighted by Crippen LogP contribution is 2.42. The van der Waals surface area contributed by atoms with Gasteiger partial charge in [0.15, 0.2) is 0 Å². The lowest BCUT2D eigenvalue weighted by molar-refractivity contribution is 0.311. The average Bonchev–Trinajstić information content (AvgIpc) is 2.74. The third-order valence-corrected chi connectivity index (χ3v) is 3.58. The lowest BCUT2D eigenvalue weighted by Gasteiger charge is -2.34. The molecule has 2 aliphatic heterocycles. The van der Waals surface area contributed by atoms with Gasteiger partial charge >= 0.3 is 0 Å². The van der Waals surface area contributed by atoms with Gasteiger partial charge in [0.25, 0.3) is 0 Å². The standard InChI is InChI=1S/C11H15N3/c1-7-4-9(2-3-13-7)14-6-8-5-10(14)11(8)12/h2-4,8,10-11H,5-6,12H2,1H3. The topological polar surface area (TPSA) is 42.1 Å². The summed E-state index contributed by atoms with van der Waals surface area (Å²) in [5.74, 6) is 0.730. The van der Waals surface area contributed by atoms with Crippen molar-refractivity contribution in [2.45, 2.75) is 25.4 Å². The molecule has 0 spiro atoms. The third-order valence-electron chi connectivity index (χ3n) is 3.58. The smallest absolute Gasteiger partial charge is 0.0448 e. The summed E-state index contributed by atoms with van der Waals surface area (Å²) in [5.41, 5.74) is 8.41. The van der Waals surface area contributed by atoms with Gasteiger partial charge in [-0.1, -0.05) is 0 Å². The van der Waals surface area contributed by atoms with Gasteiger partial charge < -0.3 is 10.6 Å². The second-order valence-corrected chi connectivity index (χ2v) is 4.45. The highest BCUT2D eigenvalue weighted by atomic mass is 15.3. The van der Waals surface area contributed by atoms with Crippen LogP contribution < -0.4 is 10.6 Å². The maximum Gasteiger partial charge on any atom is 0.0448 e. The van der Waals surface area contributed by atoms with Gasteiger partial charge in [-0.25, -0.2) is 0 Å². The number of pyridine rings is 1. The molecule has 2 bridgehead atoms. The van der Waals surface area contributed by atoms with Crippen molar-refractivity contribution in [3.8, 4) is 0 Å². The molecule has 74 valence electrons. The van der Waals surface area contributed by atoms with Gasteiger partial charge in [-0.3, -0.25) is 4.98 Å². The Bertz CT molecular complexity index is 363. The second kappa shape index (κ2) is 2.70. The minimum Gasteiger partial charge on any atom is -0.367 e. The summed E-state index contributed by atoms with van der Waals surface area (Å²) in [6.45, 7) is 3.17. The van der Waals surface area contributed by atoms with Gasteiger partial charge in [0.1, 0.15) is 0 Å². The first-order valence-electron chi connectivity index (χ1n) is 5.20. The molecule has 3 heteroatoms. The predicted molar refractivity (Wildman–Crippen MR) is 56.2 cm³/mol. The normalized spacial score (nSPS) is 34.4. The molecule has 0 radical (unpaired) electrons.